The van der Waals surface area contributed by atoms with Crippen LogP contribution < -0.4 is 0 Å². The van der Waals surface area contributed by atoms with Crippen LogP contribution >= 0.6 is 12.2 Å². The second-order valence-corrected chi connectivity index (χ2v) is 2.90. The maximum Gasteiger partial charge on any atom is 0.123 e. The molecule has 0 radical (unpaired) electrons. The van der Waals surface area contributed by atoms with Crippen molar-refractivity contribution in [2.45, 2.75) is 37.6 Å². The number of rotatable bonds is 1. The predicted molar refractivity (Wildman–Crippen MR) is 42.5 cm³/mol. The van der Waals surface area contributed by atoms with Gasteiger partial charge in [0.25, 0.3) is 0 Å². The summed E-state index contributed by atoms with van der Waals surface area (Å²) in [6.07, 6.45) is -1.22. The average molecular weight is 177 g/mol. The summed E-state index contributed by atoms with van der Waals surface area (Å²) in [5.41, 5.74) is 0. The predicted octanol–water partition coefficient (Wildman–Crippen LogP) is 2.32. The third-order valence-electron chi connectivity index (χ3n) is 1.89. The van der Waals surface area contributed by atoms with Gasteiger partial charge in [-0.05, 0) is 25.1 Å². The molecule has 11 heavy (non-hydrogen) atoms. The van der Waals surface area contributed by atoms with Crippen molar-refractivity contribution >= 4 is 17.4 Å². The molecule has 4 heteroatoms. The van der Waals surface area contributed by atoms with E-state index in [9.17, 15) is 8.78 Å². The lowest BCUT2D eigenvalue weighted by Crippen LogP contribution is -2.30. The topological polar surface area (TPSA) is 12.4 Å². The van der Waals surface area contributed by atoms with E-state index in [-0.39, 0.29) is 12.8 Å². The van der Waals surface area contributed by atoms with Crippen molar-refractivity contribution in [3.8, 4) is 0 Å². The fourth-order valence-electron chi connectivity index (χ4n) is 1.26. The minimum absolute atomic E-state index is 0.158. The smallest absolute Gasteiger partial charge is 0.123 e. The molecule has 0 spiro atoms. The number of aliphatic imine (C=N–C) groups is 1. The van der Waals surface area contributed by atoms with Gasteiger partial charge in [-0.1, -0.05) is 0 Å². The molecule has 3 unspecified atom stereocenters. The van der Waals surface area contributed by atoms with E-state index < -0.39 is 18.4 Å². The van der Waals surface area contributed by atoms with Crippen molar-refractivity contribution < 1.29 is 8.78 Å². The second-order valence-electron chi connectivity index (χ2n) is 2.71. The molecule has 1 fully saturated rings. The number of alkyl halides is 2. The standard InChI is InChI=1S/C7H9F2NS/c8-5-1-2-6(9)7(3-5)10-4-11/h5-7H,1-3H2. The number of halogens is 2. The average Bonchev–Trinajstić information content (AvgIpc) is 1.98. The van der Waals surface area contributed by atoms with Gasteiger partial charge in [-0.25, -0.2) is 13.8 Å². The summed E-state index contributed by atoms with van der Waals surface area (Å²) < 4.78 is 25.5. The summed E-state index contributed by atoms with van der Waals surface area (Å²) in [5.74, 6) is 0. The molecular formula is C7H9F2NS. The molecule has 1 rings (SSSR count). The molecule has 1 nitrogen and oxygen atoms in total. The highest BCUT2D eigenvalue weighted by Crippen LogP contribution is 2.25. The van der Waals surface area contributed by atoms with Gasteiger partial charge in [0.2, 0.25) is 0 Å². The Balaban J connectivity index is 2.53. The van der Waals surface area contributed by atoms with Gasteiger partial charge in [0.05, 0.1) is 11.2 Å². The highest BCUT2D eigenvalue weighted by atomic mass is 32.1. The monoisotopic (exact) mass is 177 g/mol. The van der Waals surface area contributed by atoms with Crippen LogP contribution in [0.4, 0.5) is 8.78 Å². The van der Waals surface area contributed by atoms with Gasteiger partial charge >= 0.3 is 0 Å². The second kappa shape index (κ2) is 3.88. The third-order valence-corrected chi connectivity index (χ3v) is 1.99. The zero-order chi connectivity index (χ0) is 8.27. The lowest BCUT2D eigenvalue weighted by atomic mass is 9.93. The Labute approximate surface area is 69.5 Å². The van der Waals surface area contributed by atoms with Gasteiger partial charge in [0.15, 0.2) is 0 Å². The molecular weight excluding hydrogens is 168 g/mol. The summed E-state index contributed by atoms with van der Waals surface area (Å²) in [4.78, 5) is 3.56. The van der Waals surface area contributed by atoms with Crippen molar-refractivity contribution in [1.29, 1.82) is 0 Å². The maximum atomic E-state index is 12.9. The highest BCUT2D eigenvalue weighted by molar-refractivity contribution is 7.78. The van der Waals surface area contributed by atoms with E-state index in [1.54, 1.807) is 0 Å². The van der Waals surface area contributed by atoms with Gasteiger partial charge in [-0.3, -0.25) is 0 Å². The number of thiocarbonyl (C=S) groups is 1. The molecule has 0 saturated heterocycles. The fraction of sp³-hybridized carbons (Fsp3) is 0.857. The van der Waals surface area contributed by atoms with Crippen molar-refractivity contribution in [3.63, 3.8) is 0 Å². The van der Waals surface area contributed by atoms with E-state index in [2.05, 4.69) is 22.4 Å². The first kappa shape index (κ1) is 8.75. The molecule has 0 N–H and O–H groups in total. The van der Waals surface area contributed by atoms with Crippen molar-refractivity contribution in [2.75, 3.05) is 0 Å². The Morgan fingerprint density at radius 1 is 1.36 bits per heavy atom. The van der Waals surface area contributed by atoms with Crippen molar-refractivity contribution in [3.05, 3.63) is 0 Å². The molecule has 0 heterocycles. The first-order chi connectivity index (χ1) is 5.24. The summed E-state index contributed by atoms with van der Waals surface area (Å²) in [5, 5.41) is 2.09. The highest BCUT2D eigenvalue weighted by Gasteiger charge is 2.29. The Morgan fingerprint density at radius 3 is 2.73 bits per heavy atom. The molecule has 0 aromatic carbocycles. The number of hydrogen-bond donors (Lipinski definition) is 0. The van der Waals surface area contributed by atoms with Gasteiger partial charge in [0.1, 0.15) is 12.3 Å². The Hall–Kier alpha value is -0.340. The quantitative estimate of drug-likeness (QED) is 0.442. The van der Waals surface area contributed by atoms with Crippen LogP contribution in [0.3, 0.4) is 0 Å². The van der Waals surface area contributed by atoms with Crippen molar-refractivity contribution in [2.24, 2.45) is 4.99 Å². The molecule has 1 saturated carbocycles. The first-order valence-electron chi connectivity index (χ1n) is 3.59. The van der Waals surface area contributed by atoms with Crippen LogP contribution in [0.5, 0.6) is 0 Å². The van der Waals surface area contributed by atoms with Crippen LogP contribution in [0.1, 0.15) is 19.3 Å². The lowest BCUT2D eigenvalue weighted by Gasteiger charge is -2.23. The molecule has 0 aliphatic heterocycles. The lowest BCUT2D eigenvalue weighted by molar-refractivity contribution is 0.147. The van der Waals surface area contributed by atoms with E-state index in [0.29, 0.717) is 6.42 Å². The van der Waals surface area contributed by atoms with Gasteiger partial charge < -0.3 is 0 Å². The minimum Gasteiger partial charge on any atom is -0.247 e. The van der Waals surface area contributed by atoms with Crippen molar-refractivity contribution in [1.82, 2.24) is 0 Å². The van der Waals surface area contributed by atoms with Crippen LogP contribution in [0, 0.1) is 0 Å². The number of hydrogen-bond acceptors (Lipinski definition) is 2. The number of isothiocyanates is 1. The minimum atomic E-state index is -1.03. The largest absolute Gasteiger partial charge is 0.247 e. The van der Waals surface area contributed by atoms with Gasteiger partial charge in [-0.15, -0.1) is 0 Å². The van der Waals surface area contributed by atoms with E-state index in [1.807, 2.05) is 0 Å². The van der Waals surface area contributed by atoms with E-state index >= 15 is 0 Å². The summed E-state index contributed by atoms with van der Waals surface area (Å²) >= 11 is 4.32. The molecule has 0 bridgehead atoms. The molecule has 0 aromatic heterocycles. The van der Waals surface area contributed by atoms with Crippen LogP contribution in [0.2, 0.25) is 0 Å². The Kier molecular flexibility index (Phi) is 3.09. The van der Waals surface area contributed by atoms with E-state index in [0.717, 1.165) is 0 Å². The summed E-state index contributed by atoms with van der Waals surface area (Å²) in [6, 6.07) is -0.587. The summed E-state index contributed by atoms with van der Waals surface area (Å²) in [7, 11) is 0. The first-order valence-corrected chi connectivity index (χ1v) is 4.00. The van der Waals surface area contributed by atoms with Crippen LogP contribution in [0.25, 0.3) is 0 Å². The Bertz CT molecular complexity index is 179. The normalized spacial score (nSPS) is 37.8. The molecule has 1 aliphatic rings. The van der Waals surface area contributed by atoms with E-state index in [1.165, 1.54) is 0 Å². The number of nitrogens with zero attached hydrogens (tertiary/aromatic N) is 1. The zero-order valence-electron chi connectivity index (χ0n) is 5.96. The molecule has 3 atom stereocenters. The van der Waals surface area contributed by atoms with Crippen LogP contribution in [-0.2, 0) is 0 Å². The van der Waals surface area contributed by atoms with E-state index in [4.69, 9.17) is 0 Å². The molecule has 0 amide bonds. The fourth-order valence-corrected chi connectivity index (χ4v) is 1.40. The van der Waals surface area contributed by atoms with Crippen LogP contribution in [-0.4, -0.2) is 23.5 Å². The third kappa shape index (κ3) is 2.31. The van der Waals surface area contributed by atoms with Gasteiger partial charge in [0, 0.05) is 6.42 Å². The zero-order valence-corrected chi connectivity index (χ0v) is 6.78. The SMILES string of the molecule is FC1CCC(F)C(N=C=S)C1. The Morgan fingerprint density at radius 2 is 2.09 bits per heavy atom. The van der Waals surface area contributed by atoms with Gasteiger partial charge in [-0.2, -0.15) is 0 Å². The summed E-state index contributed by atoms with van der Waals surface area (Å²) in [6.45, 7) is 0. The molecule has 62 valence electrons. The maximum absolute atomic E-state index is 12.9. The molecule has 0 aromatic rings. The molecule has 1 aliphatic carbocycles. The van der Waals surface area contributed by atoms with Crippen LogP contribution in [0.15, 0.2) is 4.99 Å².